The molecular weight excluding hydrogens is 488 g/mol. The fourth-order valence-corrected chi connectivity index (χ4v) is 5.69. The molecule has 37 heavy (non-hydrogen) atoms. The number of methoxy groups -OCH3 is 2. The van der Waals surface area contributed by atoms with E-state index in [2.05, 4.69) is 4.99 Å². The summed E-state index contributed by atoms with van der Waals surface area (Å²) >= 11 is 1.29. The molecule has 1 aromatic heterocycles. The number of carbonyl (C=O) groups excluding carboxylic acids is 1. The molecule has 0 bridgehead atoms. The minimum absolute atomic E-state index is 0.198. The van der Waals surface area contributed by atoms with E-state index in [4.69, 9.17) is 14.2 Å². The molecule has 0 saturated carbocycles. The number of hydrogen-bond donors (Lipinski definition) is 0. The van der Waals surface area contributed by atoms with E-state index in [9.17, 15) is 9.59 Å². The monoisotopic (exact) mass is 514 g/mol. The highest BCUT2D eigenvalue weighted by Gasteiger charge is 2.35. The van der Waals surface area contributed by atoms with Crippen molar-refractivity contribution >= 4 is 34.2 Å². The first-order valence-electron chi connectivity index (χ1n) is 11.9. The Bertz CT molecular complexity index is 1730. The zero-order chi connectivity index (χ0) is 26.1. The van der Waals surface area contributed by atoms with Gasteiger partial charge < -0.3 is 14.2 Å². The summed E-state index contributed by atoms with van der Waals surface area (Å²) in [6.07, 6.45) is 1.88. The summed E-state index contributed by atoms with van der Waals surface area (Å²) in [6, 6.07) is 18.6. The fourth-order valence-electron chi connectivity index (χ4n) is 4.66. The number of ether oxygens (including phenoxy) is 3. The highest BCUT2D eigenvalue weighted by Crippen LogP contribution is 2.37. The van der Waals surface area contributed by atoms with Crippen molar-refractivity contribution in [1.82, 2.24) is 4.57 Å². The van der Waals surface area contributed by atoms with Gasteiger partial charge in [-0.1, -0.05) is 53.8 Å². The zero-order valence-electron chi connectivity index (χ0n) is 21.0. The van der Waals surface area contributed by atoms with Crippen molar-refractivity contribution in [3.63, 3.8) is 0 Å². The average molecular weight is 515 g/mol. The van der Waals surface area contributed by atoms with Crippen molar-refractivity contribution in [1.29, 1.82) is 0 Å². The number of carbonyl (C=O) groups is 1. The second kappa shape index (κ2) is 10.1. The number of esters is 1. The van der Waals surface area contributed by atoms with Crippen molar-refractivity contribution in [3.8, 4) is 11.5 Å². The van der Waals surface area contributed by atoms with Gasteiger partial charge in [0.15, 0.2) is 4.80 Å². The molecule has 0 N–H and O–H groups in total. The van der Waals surface area contributed by atoms with Gasteiger partial charge in [-0.05, 0) is 54.5 Å². The maximum atomic E-state index is 14.0. The first-order valence-corrected chi connectivity index (χ1v) is 12.7. The van der Waals surface area contributed by atoms with E-state index in [0.29, 0.717) is 32.1 Å². The third kappa shape index (κ3) is 4.34. The van der Waals surface area contributed by atoms with Crippen LogP contribution < -0.4 is 24.4 Å². The molecule has 4 aromatic rings. The number of aromatic nitrogens is 1. The van der Waals surface area contributed by atoms with Crippen LogP contribution in [0.25, 0.3) is 16.8 Å². The molecular formula is C29H26N2O5S. The normalized spacial score (nSPS) is 15.4. The smallest absolute Gasteiger partial charge is 0.338 e. The lowest BCUT2D eigenvalue weighted by molar-refractivity contribution is -0.139. The van der Waals surface area contributed by atoms with Gasteiger partial charge in [-0.3, -0.25) is 9.36 Å². The van der Waals surface area contributed by atoms with Gasteiger partial charge in [-0.15, -0.1) is 0 Å². The molecule has 8 heteroatoms. The van der Waals surface area contributed by atoms with Gasteiger partial charge >= 0.3 is 5.97 Å². The minimum atomic E-state index is -0.796. The molecule has 1 unspecified atom stereocenters. The van der Waals surface area contributed by atoms with Crippen LogP contribution in [0.2, 0.25) is 0 Å². The topological polar surface area (TPSA) is 79.1 Å². The molecule has 0 fully saturated rings. The number of allylic oxidation sites excluding steroid dienone is 1. The molecule has 5 rings (SSSR count). The largest absolute Gasteiger partial charge is 0.497 e. The lowest BCUT2D eigenvalue weighted by Gasteiger charge is -2.26. The Morgan fingerprint density at radius 2 is 1.86 bits per heavy atom. The molecule has 0 radical (unpaired) electrons. The molecule has 0 aliphatic carbocycles. The first-order chi connectivity index (χ1) is 18.0. The van der Waals surface area contributed by atoms with Crippen molar-refractivity contribution in [3.05, 3.63) is 103 Å². The molecule has 2 heterocycles. The molecule has 3 aromatic carbocycles. The maximum absolute atomic E-state index is 14.0. The minimum Gasteiger partial charge on any atom is -0.497 e. The predicted octanol–water partition coefficient (Wildman–Crippen LogP) is 3.97. The Kier molecular flexibility index (Phi) is 6.67. The maximum Gasteiger partial charge on any atom is 0.338 e. The summed E-state index contributed by atoms with van der Waals surface area (Å²) in [5, 5.41) is 2.13. The third-order valence-corrected chi connectivity index (χ3v) is 7.34. The van der Waals surface area contributed by atoms with Gasteiger partial charge in [0, 0.05) is 5.56 Å². The van der Waals surface area contributed by atoms with E-state index in [1.54, 1.807) is 50.8 Å². The highest BCUT2D eigenvalue weighted by atomic mass is 32.1. The van der Waals surface area contributed by atoms with E-state index in [1.807, 2.05) is 48.5 Å². The Morgan fingerprint density at radius 3 is 2.62 bits per heavy atom. The SMILES string of the molecule is CCOC(=O)C1=C(C)N=c2s/c(=C/c3cccc4ccccc34)c(=O)n2C1c1cc(OC)ccc1OC. The van der Waals surface area contributed by atoms with Crippen molar-refractivity contribution in [2.24, 2.45) is 4.99 Å². The Balaban J connectivity index is 1.79. The molecule has 1 atom stereocenters. The van der Waals surface area contributed by atoms with Crippen molar-refractivity contribution < 1.29 is 19.0 Å². The molecule has 7 nitrogen and oxygen atoms in total. The van der Waals surface area contributed by atoms with E-state index in [-0.39, 0.29) is 17.7 Å². The molecule has 1 aliphatic heterocycles. The number of fused-ring (bicyclic) bond motifs is 2. The molecule has 188 valence electrons. The van der Waals surface area contributed by atoms with Crippen molar-refractivity contribution in [2.45, 2.75) is 19.9 Å². The third-order valence-electron chi connectivity index (χ3n) is 6.36. The van der Waals surface area contributed by atoms with Crippen LogP contribution in [-0.2, 0) is 9.53 Å². The predicted molar refractivity (Wildman–Crippen MR) is 144 cm³/mol. The summed E-state index contributed by atoms with van der Waals surface area (Å²) < 4.78 is 18.6. The summed E-state index contributed by atoms with van der Waals surface area (Å²) in [4.78, 5) is 32.3. The van der Waals surface area contributed by atoms with E-state index in [0.717, 1.165) is 16.3 Å². The van der Waals surface area contributed by atoms with Crippen molar-refractivity contribution in [2.75, 3.05) is 20.8 Å². The van der Waals surface area contributed by atoms with Gasteiger partial charge in [-0.2, -0.15) is 0 Å². The number of rotatable bonds is 6. The first kappa shape index (κ1) is 24.5. The summed E-state index contributed by atoms with van der Waals surface area (Å²) in [7, 11) is 3.12. The van der Waals surface area contributed by atoms with E-state index >= 15 is 0 Å². The Labute approximate surface area is 217 Å². The van der Waals surface area contributed by atoms with Gasteiger partial charge in [-0.25, -0.2) is 9.79 Å². The van der Waals surface area contributed by atoms with Crippen LogP contribution in [0.4, 0.5) is 0 Å². The van der Waals surface area contributed by atoms with Crippen LogP contribution in [-0.4, -0.2) is 31.4 Å². The second-order valence-electron chi connectivity index (χ2n) is 8.48. The standard InChI is InChI=1S/C29H26N2O5S/c1-5-36-28(33)25-17(2)30-29-31(26(25)22-16-20(34-3)13-14-23(22)35-4)27(32)24(37-29)15-19-11-8-10-18-9-6-7-12-21(18)19/h6-16,26H,5H2,1-4H3/b24-15+. The highest BCUT2D eigenvalue weighted by molar-refractivity contribution is 7.07. The lowest BCUT2D eigenvalue weighted by Crippen LogP contribution is -2.40. The molecule has 0 spiro atoms. The lowest BCUT2D eigenvalue weighted by atomic mass is 9.94. The zero-order valence-corrected chi connectivity index (χ0v) is 21.8. The van der Waals surface area contributed by atoms with Crippen LogP contribution in [0.5, 0.6) is 11.5 Å². The average Bonchev–Trinajstić information content (AvgIpc) is 3.21. The quantitative estimate of drug-likeness (QED) is 0.364. The summed E-state index contributed by atoms with van der Waals surface area (Å²) in [5.41, 5.74) is 2.07. The van der Waals surface area contributed by atoms with Crippen LogP contribution in [0.3, 0.4) is 0 Å². The second-order valence-corrected chi connectivity index (χ2v) is 9.49. The number of benzene rings is 3. The Morgan fingerprint density at radius 1 is 1.08 bits per heavy atom. The van der Waals surface area contributed by atoms with Crippen LogP contribution >= 0.6 is 11.3 Å². The molecule has 1 aliphatic rings. The number of hydrogen-bond acceptors (Lipinski definition) is 7. The fraction of sp³-hybridized carbons (Fsp3) is 0.207. The molecule has 0 amide bonds. The van der Waals surface area contributed by atoms with Crippen LogP contribution in [0.15, 0.2) is 81.7 Å². The van der Waals surface area contributed by atoms with E-state index < -0.39 is 12.0 Å². The molecule has 0 saturated heterocycles. The van der Waals surface area contributed by atoms with Gasteiger partial charge in [0.05, 0.1) is 36.6 Å². The van der Waals surface area contributed by atoms with Crippen LogP contribution in [0, 0.1) is 0 Å². The van der Waals surface area contributed by atoms with Gasteiger partial charge in [0.1, 0.15) is 17.5 Å². The Hall–Kier alpha value is -4.17. The number of thiazole rings is 1. The summed E-state index contributed by atoms with van der Waals surface area (Å²) in [5.74, 6) is 0.569. The van der Waals surface area contributed by atoms with Gasteiger partial charge in [0.25, 0.3) is 5.56 Å². The summed E-state index contributed by atoms with van der Waals surface area (Å²) in [6.45, 7) is 3.70. The van der Waals surface area contributed by atoms with E-state index in [1.165, 1.54) is 11.3 Å². The van der Waals surface area contributed by atoms with Gasteiger partial charge in [0.2, 0.25) is 0 Å². The number of nitrogens with zero attached hydrogens (tertiary/aromatic N) is 2. The van der Waals surface area contributed by atoms with Crippen LogP contribution in [0.1, 0.15) is 31.0 Å².